The first kappa shape index (κ1) is 11.9. The summed E-state index contributed by atoms with van der Waals surface area (Å²) < 4.78 is 0. The fourth-order valence-electron chi connectivity index (χ4n) is 1.88. The Hall–Kier alpha value is -1.59. The normalized spacial score (nSPS) is 23.6. The van der Waals surface area contributed by atoms with E-state index < -0.39 is 6.10 Å². The molecule has 1 heterocycles. The Kier molecular flexibility index (Phi) is 3.61. The highest BCUT2D eigenvalue weighted by Gasteiger charge is 2.27. The third-order valence-corrected chi connectivity index (χ3v) is 2.87. The number of nitrogens with one attached hydrogen (secondary N) is 2. The molecule has 1 saturated heterocycles. The molecular weight excluding hydrogens is 220 g/mol. The minimum atomic E-state index is -0.448. The lowest BCUT2D eigenvalue weighted by Gasteiger charge is -2.11. The third kappa shape index (κ3) is 2.95. The fraction of sp³-hybridized carbons (Fsp3) is 0.417. The summed E-state index contributed by atoms with van der Waals surface area (Å²) in [5.41, 5.74) is 0.680. The summed E-state index contributed by atoms with van der Waals surface area (Å²) in [6.45, 7) is 0.744. The highest BCUT2D eigenvalue weighted by atomic mass is 16.3. The second kappa shape index (κ2) is 5.16. The van der Waals surface area contributed by atoms with Gasteiger partial charge in [-0.05, 0) is 12.5 Å². The van der Waals surface area contributed by atoms with Gasteiger partial charge in [0.05, 0.1) is 12.1 Å². The van der Waals surface area contributed by atoms with Gasteiger partial charge in [-0.1, -0.05) is 18.2 Å². The molecule has 0 saturated carbocycles. The van der Waals surface area contributed by atoms with Crippen LogP contribution in [-0.4, -0.2) is 34.8 Å². The van der Waals surface area contributed by atoms with E-state index >= 15 is 0 Å². The number of aliphatic hydroxyl groups is 1. The van der Waals surface area contributed by atoms with E-state index in [0.29, 0.717) is 25.1 Å². The van der Waals surface area contributed by atoms with Gasteiger partial charge in [-0.25, -0.2) is 0 Å². The topological polar surface area (TPSA) is 81.6 Å². The molecule has 0 aliphatic carbocycles. The first-order valence-corrected chi connectivity index (χ1v) is 5.63. The van der Waals surface area contributed by atoms with E-state index in [1.165, 1.54) is 0 Å². The molecule has 2 rings (SSSR count). The molecule has 2 atom stereocenters. The molecule has 1 aromatic rings. The Bertz CT molecular complexity index is 408. The predicted octanol–water partition coefficient (Wildman–Crippen LogP) is -0.269. The summed E-state index contributed by atoms with van der Waals surface area (Å²) in [5.74, 6) is 0.0250. The summed E-state index contributed by atoms with van der Waals surface area (Å²) in [6, 6.07) is 6.54. The average molecular weight is 236 g/mol. The van der Waals surface area contributed by atoms with E-state index in [4.69, 9.17) is 0 Å². The SMILES string of the molecule is O=C(NCc1ccccc1O)C1CC(O)CN1. The smallest absolute Gasteiger partial charge is 0.237 e. The number of benzene rings is 1. The highest BCUT2D eigenvalue weighted by molar-refractivity contribution is 5.82. The van der Waals surface area contributed by atoms with Crippen molar-refractivity contribution in [1.29, 1.82) is 0 Å². The first-order chi connectivity index (χ1) is 8.16. The van der Waals surface area contributed by atoms with Crippen LogP contribution in [0.3, 0.4) is 0 Å². The fourth-order valence-corrected chi connectivity index (χ4v) is 1.88. The molecule has 5 heteroatoms. The molecule has 92 valence electrons. The van der Waals surface area contributed by atoms with Gasteiger partial charge in [0.15, 0.2) is 0 Å². The zero-order chi connectivity index (χ0) is 12.3. The van der Waals surface area contributed by atoms with Gasteiger partial charge in [-0.3, -0.25) is 4.79 Å². The van der Waals surface area contributed by atoms with Gasteiger partial charge < -0.3 is 20.8 Å². The Labute approximate surface area is 99.5 Å². The minimum Gasteiger partial charge on any atom is -0.508 e. The maximum absolute atomic E-state index is 11.7. The van der Waals surface area contributed by atoms with Crippen molar-refractivity contribution in [3.63, 3.8) is 0 Å². The Morgan fingerprint density at radius 3 is 2.88 bits per heavy atom. The van der Waals surface area contributed by atoms with Crippen LogP contribution in [0.25, 0.3) is 0 Å². The summed E-state index contributed by atoms with van der Waals surface area (Å²) in [6.07, 6.45) is -0.0112. The zero-order valence-corrected chi connectivity index (χ0v) is 9.39. The lowest BCUT2D eigenvalue weighted by Crippen LogP contribution is -2.40. The van der Waals surface area contributed by atoms with Crippen LogP contribution in [0, 0.1) is 0 Å². The van der Waals surface area contributed by atoms with Crippen molar-refractivity contribution in [3.8, 4) is 5.75 Å². The van der Waals surface area contributed by atoms with E-state index in [0.717, 1.165) is 0 Å². The Balaban J connectivity index is 1.86. The van der Waals surface area contributed by atoms with E-state index in [-0.39, 0.29) is 17.7 Å². The zero-order valence-electron chi connectivity index (χ0n) is 9.39. The van der Waals surface area contributed by atoms with Gasteiger partial charge in [0, 0.05) is 18.7 Å². The average Bonchev–Trinajstić information content (AvgIpc) is 2.74. The number of β-amino-alcohol motifs (C(OH)–C–C–N with tert-alkyl or cyclic N) is 1. The van der Waals surface area contributed by atoms with Crippen LogP contribution in [-0.2, 0) is 11.3 Å². The van der Waals surface area contributed by atoms with E-state index in [2.05, 4.69) is 10.6 Å². The third-order valence-electron chi connectivity index (χ3n) is 2.87. The van der Waals surface area contributed by atoms with E-state index in [1.807, 2.05) is 0 Å². The van der Waals surface area contributed by atoms with Gasteiger partial charge in [-0.15, -0.1) is 0 Å². The standard InChI is InChI=1S/C12H16N2O3/c15-9-5-10(13-7-9)12(17)14-6-8-3-1-2-4-11(8)16/h1-4,9-10,13,15-16H,5-7H2,(H,14,17). The molecule has 1 fully saturated rings. The van der Waals surface area contributed by atoms with Crippen LogP contribution >= 0.6 is 0 Å². The van der Waals surface area contributed by atoms with Crippen LogP contribution in [0.4, 0.5) is 0 Å². The van der Waals surface area contributed by atoms with Crippen molar-refractivity contribution >= 4 is 5.91 Å². The van der Waals surface area contributed by atoms with Gasteiger partial charge in [0.25, 0.3) is 0 Å². The largest absolute Gasteiger partial charge is 0.508 e. The lowest BCUT2D eigenvalue weighted by atomic mass is 10.1. The number of para-hydroxylation sites is 1. The first-order valence-electron chi connectivity index (χ1n) is 5.63. The van der Waals surface area contributed by atoms with Gasteiger partial charge in [0.1, 0.15) is 5.75 Å². The molecule has 5 nitrogen and oxygen atoms in total. The number of carbonyl (C=O) groups excluding carboxylic acids is 1. The van der Waals surface area contributed by atoms with Gasteiger partial charge >= 0.3 is 0 Å². The summed E-state index contributed by atoms with van der Waals surface area (Å²) in [5, 5.41) is 24.5. The Morgan fingerprint density at radius 1 is 1.47 bits per heavy atom. The van der Waals surface area contributed by atoms with E-state index in [1.54, 1.807) is 24.3 Å². The summed E-state index contributed by atoms with van der Waals surface area (Å²) in [4.78, 5) is 11.7. The predicted molar refractivity (Wildman–Crippen MR) is 62.4 cm³/mol. The molecule has 17 heavy (non-hydrogen) atoms. The number of carbonyl (C=O) groups is 1. The van der Waals surface area contributed by atoms with Crippen LogP contribution in [0.1, 0.15) is 12.0 Å². The van der Waals surface area contributed by atoms with Crippen LogP contribution in [0.15, 0.2) is 24.3 Å². The summed E-state index contributed by atoms with van der Waals surface area (Å²) >= 11 is 0. The number of aromatic hydroxyl groups is 1. The number of phenols is 1. The molecule has 4 N–H and O–H groups in total. The van der Waals surface area contributed by atoms with Crippen molar-refractivity contribution in [2.24, 2.45) is 0 Å². The van der Waals surface area contributed by atoms with Gasteiger partial charge in [0.2, 0.25) is 5.91 Å². The molecule has 1 aromatic carbocycles. The molecule has 0 spiro atoms. The van der Waals surface area contributed by atoms with Crippen molar-refractivity contribution in [3.05, 3.63) is 29.8 Å². The molecule has 0 bridgehead atoms. The number of rotatable bonds is 3. The van der Waals surface area contributed by atoms with Crippen molar-refractivity contribution in [1.82, 2.24) is 10.6 Å². The highest BCUT2D eigenvalue weighted by Crippen LogP contribution is 2.15. The molecule has 0 radical (unpaired) electrons. The molecular formula is C12H16N2O3. The van der Waals surface area contributed by atoms with Crippen LogP contribution in [0.2, 0.25) is 0 Å². The molecule has 1 aliphatic rings. The van der Waals surface area contributed by atoms with Crippen LogP contribution < -0.4 is 10.6 Å². The maximum Gasteiger partial charge on any atom is 0.237 e. The van der Waals surface area contributed by atoms with E-state index in [9.17, 15) is 15.0 Å². The molecule has 1 amide bonds. The maximum atomic E-state index is 11.7. The quantitative estimate of drug-likeness (QED) is 0.582. The number of phenolic OH excluding ortho intramolecular Hbond substituents is 1. The lowest BCUT2D eigenvalue weighted by molar-refractivity contribution is -0.123. The second-order valence-corrected chi connectivity index (χ2v) is 4.20. The minimum absolute atomic E-state index is 0.148. The number of hydrogen-bond acceptors (Lipinski definition) is 4. The van der Waals surface area contributed by atoms with Crippen molar-refractivity contribution in [2.75, 3.05) is 6.54 Å². The molecule has 0 aromatic heterocycles. The summed E-state index contributed by atoms with van der Waals surface area (Å²) in [7, 11) is 0. The monoisotopic (exact) mass is 236 g/mol. The number of aliphatic hydroxyl groups excluding tert-OH is 1. The molecule has 2 unspecified atom stereocenters. The number of amides is 1. The number of hydrogen-bond donors (Lipinski definition) is 4. The molecule has 1 aliphatic heterocycles. The van der Waals surface area contributed by atoms with Crippen LogP contribution in [0.5, 0.6) is 5.75 Å². The van der Waals surface area contributed by atoms with Crippen molar-refractivity contribution < 1.29 is 15.0 Å². The van der Waals surface area contributed by atoms with Crippen molar-refractivity contribution in [2.45, 2.75) is 25.1 Å². The second-order valence-electron chi connectivity index (χ2n) is 4.20. The Morgan fingerprint density at radius 2 is 2.24 bits per heavy atom. The van der Waals surface area contributed by atoms with Gasteiger partial charge in [-0.2, -0.15) is 0 Å².